The average molecular weight is 450 g/mol. The van der Waals surface area contributed by atoms with Gasteiger partial charge in [0.25, 0.3) is 11.8 Å². The highest BCUT2D eigenvalue weighted by Crippen LogP contribution is 2.32. The molecule has 0 aliphatic carbocycles. The third kappa shape index (κ3) is 4.72. The number of fused-ring (bicyclic) bond motifs is 1. The van der Waals surface area contributed by atoms with Gasteiger partial charge in [0.1, 0.15) is 23.6 Å². The first-order valence-electron chi connectivity index (χ1n) is 11.2. The minimum absolute atomic E-state index is 0.128. The molecule has 0 spiro atoms. The van der Waals surface area contributed by atoms with E-state index in [4.69, 9.17) is 18.6 Å². The number of benzene rings is 2. The van der Waals surface area contributed by atoms with Crippen molar-refractivity contribution in [3.8, 4) is 5.75 Å². The largest absolute Gasteiger partial charge is 0.491 e. The van der Waals surface area contributed by atoms with Gasteiger partial charge < -0.3 is 28.8 Å². The Balaban J connectivity index is 1.33. The van der Waals surface area contributed by atoms with Gasteiger partial charge in [0.15, 0.2) is 0 Å². The van der Waals surface area contributed by atoms with E-state index in [0.717, 1.165) is 19.4 Å². The van der Waals surface area contributed by atoms with E-state index in [1.54, 1.807) is 35.2 Å². The number of ether oxygens (including phenoxy) is 3. The number of hydrogen-bond acceptors (Lipinski definition) is 6. The number of furan rings is 1. The van der Waals surface area contributed by atoms with E-state index in [-0.39, 0.29) is 23.7 Å². The maximum Gasteiger partial charge on any atom is 0.291 e. The van der Waals surface area contributed by atoms with E-state index in [1.165, 1.54) is 0 Å². The molecule has 1 atom stereocenters. The van der Waals surface area contributed by atoms with Gasteiger partial charge in [-0.25, -0.2) is 0 Å². The molecule has 0 saturated carbocycles. The number of morpholine rings is 1. The number of para-hydroxylation sites is 1. The summed E-state index contributed by atoms with van der Waals surface area (Å²) in [5.41, 5.74) is 1.38. The summed E-state index contributed by atoms with van der Waals surface area (Å²) in [7, 11) is 0. The first kappa shape index (κ1) is 21.5. The maximum absolute atomic E-state index is 13.1. The molecule has 2 amide bonds. The molecular formula is C25H26N2O6. The highest BCUT2D eigenvalue weighted by Gasteiger charge is 2.27. The van der Waals surface area contributed by atoms with Crippen molar-refractivity contribution in [1.29, 1.82) is 0 Å². The Bertz CT molecular complexity index is 1130. The van der Waals surface area contributed by atoms with E-state index in [1.807, 2.05) is 18.2 Å². The van der Waals surface area contributed by atoms with Gasteiger partial charge >= 0.3 is 0 Å². The van der Waals surface area contributed by atoms with Crippen LogP contribution >= 0.6 is 0 Å². The van der Waals surface area contributed by atoms with Crippen molar-refractivity contribution in [3.05, 3.63) is 59.9 Å². The molecule has 0 unspecified atom stereocenters. The zero-order chi connectivity index (χ0) is 22.6. The molecule has 2 aliphatic rings. The zero-order valence-electron chi connectivity index (χ0n) is 18.2. The van der Waals surface area contributed by atoms with E-state index in [2.05, 4.69) is 5.32 Å². The van der Waals surface area contributed by atoms with Crippen molar-refractivity contribution in [3.63, 3.8) is 0 Å². The van der Waals surface area contributed by atoms with Crippen molar-refractivity contribution < 1.29 is 28.2 Å². The van der Waals surface area contributed by atoms with Crippen LogP contribution in [-0.2, 0) is 9.47 Å². The molecule has 0 bridgehead atoms. The van der Waals surface area contributed by atoms with Gasteiger partial charge in [-0.3, -0.25) is 9.59 Å². The summed E-state index contributed by atoms with van der Waals surface area (Å²) in [6.45, 7) is 3.21. The highest BCUT2D eigenvalue weighted by molar-refractivity contribution is 6.14. The molecule has 2 aromatic carbocycles. The van der Waals surface area contributed by atoms with Gasteiger partial charge in [0.2, 0.25) is 5.76 Å². The van der Waals surface area contributed by atoms with Crippen LogP contribution in [-0.4, -0.2) is 62.3 Å². The van der Waals surface area contributed by atoms with Crippen LogP contribution in [0.3, 0.4) is 0 Å². The van der Waals surface area contributed by atoms with Crippen LogP contribution in [0.1, 0.15) is 33.8 Å². The number of anilines is 1. The molecule has 2 saturated heterocycles. The first-order chi connectivity index (χ1) is 16.2. The molecule has 33 heavy (non-hydrogen) atoms. The summed E-state index contributed by atoms with van der Waals surface area (Å²) in [6.07, 6.45) is 2.20. The average Bonchev–Trinajstić information content (AvgIpc) is 3.51. The molecule has 0 radical (unpaired) electrons. The van der Waals surface area contributed by atoms with Crippen molar-refractivity contribution in [2.75, 3.05) is 44.8 Å². The van der Waals surface area contributed by atoms with Crippen LogP contribution in [0.15, 0.2) is 52.9 Å². The number of carbonyl (C=O) groups is 2. The third-order valence-corrected chi connectivity index (χ3v) is 5.90. The molecular weight excluding hydrogens is 424 g/mol. The Morgan fingerprint density at radius 3 is 2.58 bits per heavy atom. The Morgan fingerprint density at radius 1 is 1.03 bits per heavy atom. The van der Waals surface area contributed by atoms with Gasteiger partial charge in [-0.2, -0.15) is 0 Å². The van der Waals surface area contributed by atoms with Crippen molar-refractivity contribution in [2.24, 2.45) is 0 Å². The Labute approximate surface area is 191 Å². The van der Waals surface area contributed by atoms with Gasteiger partial charge in [-0.15, -0.1) is 0 Å². The van der Waals surface area contributed by atoms with Crippen molar-refractivity contribution in [1.82, 2.24) is 4.90 Å². The molecule has 2 aliphatic heterocycles. The van der Waals surface area contributed by atoms with Crippen LogP contribution < -0.4 is 10.1 Å². The quantitative estimate of drug-likeness (QED) is 0.616. The number of hydrogen-bond donors (Lipinski definition) is 1. The predicted molar refractivity (Wildman–Crippen MR) is 122 cm³/mol. The lowest BCUT2D eigenvalue weighted by molar-refractivity contribution is 0.0285. The molecule has 1 aromatic heterocycles. The fraction of sp³-hybridized carbons (Fsp3) is 0.360. The van der Waals surface area contributed by atoms with Gasteiger partial charge in [-0.05, 0) is 49.2 Å². The normalized spacial score (nSPS) is 18.4. The Kier molecular flexibility index (Phi) is 6.28. The van der Waals surface area contributed by atoms with Crippen molar-refractivity contribution >= 4 is 28.5 Å². The van der Waals surface area contributed by atoms with E-state index < -0.39 is 0 Å². The summed E-state index contributed by atoms with van der Waals surface area (Å²) in [6, 6.07) is 14.2. The fourth-order valence-electron chi connectivity index (χ4n) is 4.08. The maximum atomic E-state index is 13.1. The Hall–Kier alpha value is -3.36. The molecule has 3 aromatic rings. The number of amides is 2. The molecule has 8 nitrogen and oxygen atoms in total. The fourth-order valence-corrected chi connectivity index (χ4v) is 4.08. The number of nitrogens with one attached hydrogen (secondary N) is 1. The van der Waals surface area contributed by atoms with Gasteiger partial charge in [0, 0.05) is 30.6 Å². The molecule has 5 rings (SSSR count). The molecule has 8 heteroatoms. The van der Waals surface area contributed by atoms with E-state index >= 15 is 0 Å². The predicted octanol–water partition coefficient (Wildman–Crippen LogP) is 3.72. The standard InChI is InChI=1S/C25H26N2O6/c28-24(17-7-9-18(10-8-17)32-16-19-4-3-13-31-19)26-22-20-5-1-2-6-21(20)33-23(22)25(29)27-11-14-30-15-12-27/h1-2,5-10,19H,3-4,11-16H2,(H,26,28)/t19-/m1/s1. The number of rotatable bonds is 6. The SMILES string of the molecule is O=C(Nc1c(C(=O)N2CCOCC2)oc2ccccc12)c1ccc(OC[C@H]2CCCO2)cc1. The van der Waals surface area contributed by atoms with Gasteiger partial charge in [-0.1, -0.05) is 12.1 Å². The summed E-state index contributed by atoms with van der Waals surface area (Å²) >= 11 is 0. The number of carbonyl (C=O) groups excluding carboxylic acids is 2. The second-order valence-electron chi connectivity index (χ2n) is 8.13. The Morgan fingerprint density at radius 2 is 1.82 bits per heavy atom. The van der Waals surface area contributed by atoms with Crippen LogP contribution in [0.4, 0.5) is 5.69 Å². The second-order valence-corrected chi connectivity index (χ2v) is 8.13. The lowest BCUT2D eigenvalue weighted by Crippen LogP contribution is -2.40. The van der Waals surface area contributed by atoms with Crippen molar-refractivity contribution in [2.45, 2.75) is 18.9 Å². The van der Waals surface area contributed by atoms with Crippen LogP contribution in [0.2, 0.25) is 0 Å². The lowest BCUT2D eigenvalue weighted by atomic mass is 10.1. The second kappa shape index (κ2) is 9.64. The summed E-state index contributed by atoms with van der Waals surface area (Å²) in [4.78, 5) is 27.8. The molecule has 172 valence electrons. The van der Waals surface area contributed by atoms with E-state index in [9.17, 15) is 9.59 Å². The van der Waals surface area contributed by atoms with Crippen LogP contribution in [0.25, 0.3) is 11.0 Å². The summed E-state index contributed by atoms with van der Waals surface area (Å²) in [5.74, 6) is 0.216. The molecule has 2 fully saturated rings. The van der Waals surface area contributed by atoms with E-state index in [0.29, 0.717) is 60.9 Å². The zero-order valence-corrected chi connectivity index (χ0v) is 18.2. The minimum Gasteiger partial charge on any atom is -0.491 e. The number of nitrogens with zero attached hydrogens (tertiary/aromatic N) is 1. The lowest BCUT2D eigenvalue weighted by Gasteiger charge is -2.26. The molecule has 1 N–H and O–H groups in total. The van der Waals surface area contributed by atoms with Gasteiger partial charge in [0.05, 0.1) is 19.3 Å². The topological polar surface area (TPSA) is 90.2 Å². The monoisotopic (exact) mass is 450 g/mol. The summed E-state index contributed by atoms with van der Waals surface area (Å²) in [5, 5.41) is 3.57. The van der Waals surface area contributed by atoms with Crippen LogP contribution in [0.5, 0.6) is 5.75 Å². The first-order valence-corrected chi connectivity index (χ1v) is 11.2. The highest BCUT2D eigenvalue weighted by atomic mass is 16.5. The van der Waals surface area contributed by atoms with Crippen LogP contribution in [0, 0.1) is 0 Å². The summed E-state index contributed by atoms with van der Waals surface area (Å²) < 4.78 is 22.6. The third-order valence-electron chi connectivity index (χ3n) is 5.90. The smallest absolute Gasteiger partial charge is 0.291 e. The minimum atomic E-state index is -0.330. The molecule has 3 heterocycles.